The van der Waals surface area contributed by atoms with E-state index in [0.717, 1.165) is 33.7 Å². The summed E-state index contributed by atoms with van der Waals surface area (Å²) >= 11 is 0. The molecule has 0 fully saturated rings. The first kappa shape index (κ1) is 24.2. The maximum atomic E-state index is 13.2. The first-order valence-corrected chi connectivity index (χ1v) is 11.6. The zero-order chi connectivity index (χ0) is 25.1. The molecule has 4 rings (SSSR count). The first-order chi connectivity index (χ1) is 16.8. The van der Waals surface area contributed by atoms with Gasteiger partial charge in [0.2, 0.25) is 5.91 Å². The Morgan fingerprint density at radius 1 is 1.09 bits per heavy atom. The van der Waals surface area contributed by atoms with Crippen LogP contribution in [0.4, 0.5) is 0 Å². The molecule has 1 aromatic heterocycles. The molecule has 2 aromatic carbocycles. The first-order valence-electron chi connectivity index (χ1n) is 11.6. The van der Waals surface area contributed by atoms with Crippen molar-refractivity contribution < 1.29 is 19.4 Å². The van der Waals surface area contributed by atoms with Gasteiger partial charge in [0.05, 0.1) is 25.3 Å². The van der Waals surface area contributed by atoms with Crippen molar-refractivity contribution in [2.75, 3.05) is 7.11 Å². The number of rotatable bonds is 8. The van der Waals surface area contributed by atoms with Crippen LogP contribution in [-0.4, -0.2) is 38.9 Å². The van der Waals surface area contributed by atoms with Crippen LogP contribution in [0.25, 0.3) is 17.0 Å². The van der Waals surface area contributed by atoms with Crippen molar-refractivity contribution in [3.8, 4) is 17.0 Å². The summed E-state index contributed by atoms with van der Waals surface area (Å²) < 4.78 is 7.15. The Labute approximate surface area is 204 Å². The van der Waals surface area contributed by atoms with E-state index >= 15 is 0 Å². The van der Waals surface area contributed by atoms with E-state index in [-0.39, 0.29) is 30.8 Å². The highest BCUT2D eigenvalue weighted by atomic mass is 16.5. The second-order valence-corrected chi connectivity index (χ2v) is 8.89. The van der Waals surface area contributed by atoms with Crippen molar-refractivity contribution in [2.45, 2.75) is 45.7 Å². The number of methoxy groups -OCH3 is 1. The van der Waals surface area contributed by atoms with E-state index in [0.29, 0.717) is 5.70 Å². The molecule has 1 amide bonds. The van der Waals surface area contributed by atoms with Gasteiger partial charge in [-0.25, -0.2) is 10.4 Å². The Hall–Kier alpha value is -3.91. The lowest BCUT2D eigenvalue weighted by Crippen LogP contribution is -2.38. The van der Waals surface area contributed by atoms with Crippen molar-refractivity contribution in [3.05, 3.63) is 77.5 Å². The topological polar surface area (TPSA) is 96.7 Å². The number of amides is 1. The number of benzene rings is 2. The third-order valence-corrected chi connectivity index (χ3v) is 5.97. The molecule has 1 aliphatic heterocycles. The molecule has 0 bridgehead atoms. The highest BCUT2D eigenvalue weighted by molar-refractivity contribution is 5.92. The van der Waals surface area contributed by atoms with Gasteiger partial charge in [0.15, 0.2) is 0 Å². The zero-order valence-electron chi connectivity index (χ0n) is 20.4. The number of aromatic nitrogens is 2. The van der Waals surface area contributed by atoms with Crippen LogP contribution in [0.2, 0.25) is 0 Å². The largest absolute Gasteiger partial charge is 0.497 e. The van der Waals surface area contributed by atoms with Crippen molar-refractivity contribution in [2.24, 2.45) is 0 Å². The predicted octanol–water partition coefficient (Wildman–Crippen LogP) is 4.74. The average molecular weight is 475 g/mol. The normalized spacial score (nSPS) is 15.4. The van der Waals surface area contributed by atoms with Crippen LogP contribution < -0.4 is 10.2 Å². The number of carboxylic acids is 1. The van der Waals surface area contributed by atoms with Crippen molar-refractivity contribution in [1.29, 1.82) is 0 Å². The number of nitrogens with one attached hydrogen (secondary N) is 1. The summed E-state index contributed by atoms with van der Waals surface area (Å²) in [6, 6.07) is 15.6. The molecule has 1 atom stereocenters. The van der Waals surface area contributed by atoms with Gasteiger partial charge in [-0.2, -0.15) is 5.10 Å². The highest BCUT2D eigenvalue weighted by Crippen LogP contribution is 2.37. The summed E-state index contributed by atoms with van der Waals surface area (Å²) in [6.45, 7) is 6.13. The molecular weight excluding hydrogens is 444 g/mol. The third kappa shape index (κ3) is 5.27. The van der Waals surface area contributed by atoms with Crippen molar-refractivity contribution >= 4 is 17.6 Å². The molecule has 3 aromatic rings. The number of ether oxygens (including phenoxy) is 1. The van der Waals surface area contributed by atoms with Gasteiger partial charge in [-0.1, -0.05) is 42.0 Å². The summed E-state index contributed by atoms with van der Waals surface area (Å²) in [7, 11) is 1.61. The Morgan fingerprint density at radius 2 is 1.77 bits per heavy atom. The fraction of sp³-hybridized carbons (Fsp3) is 0.296. The van der Waals surface area contributed by atoms with E-state index in [2.05, 4.69) is 5.43 Å². The molecule has 0 aliphatic carbocycles. The lowest BCUT2D eigenvalue weighted by Gasteiger charge is -2.22. The lowest BCUT2D eigenvalue weighted by molar-refractivity contribution is -0.140. The molecule has 1 aliphatic rings. The molecule has 2 N–H and O–H groups in total. The molecule has 0 saturated carbocycles. The summed E-state index contributed by atoms with van der Waals surface area (Å²) in [4.78, 5) is 24.3. The number of carboxylic acid groups (broad SMARTS) is 1. The maximum absolute atomic E-state index is 13.2. The number of aliphatic carboxylic acids is 1. The number of hydrazine groups is 1. The Kier molecular flexibility index (Phi) is 7.02. The van der Waals surface area contributed by atoms with E-state index in [4.69, 9.17) is 14.9 Å². The number of hydrogen-bond acceptors (Lipinski definition) is 5. The fourth-order valence-corrected chi connectivity index (χ4v) is 3.97. The second kappa shape index (κ2) is 10.1. The van der Waals surface area contributed by atoms with Crippen LogP contribution in [0.5, 0.6) is 5.75 Å². The fourth-order valence-electron chi connectivity index (χ4n) is 3.97. The molecule has 0 radical (unpaired) electrons. The van der Waals surface area contributed by atoms with Gasteiger partial charge in [0, 0.05) is 29.8 Å². The molecule has 2 heterocycles. The molecule has 8 heteroatoms. The molecule has 8 nitrogen and oxygen atoms in total. The van der Waals surface area contributed by atoms with Crippen LogP contribution in [-0.2, 0) is 9.59 Å². The Balaban J connectivity index is 1.79. The van der Waals surface area contributed by atoms with Gasteiger partial charge >= 0.3 is 5.97 Å². The highest BCUT2D eigenvalue weighted by Gasteiger charge is 2.32. The van der Waals surface area contributed by atoms with Crippen LogP contribution in [0.15, 0.2) is 60.8 Å². The number of hydrogen-bond donors (Lipinski definition) is 2. The van der Waals surface area contributed by atoms with Gasteiger partial charge in [0.1, 0.15) is 11.4 Å². The number of carbonyl (C=O) groups is 2. The monoisotopic (exact) mass is 474 g/mol. The van der Waals surface area contributed by atoms with Crippen LogP contribution in [0.1, 0.15) is 55.5 Å². The van der Waals surface area contributed by atoms with Crippen LogP contribution in [0.3, 0.4) is 0 Å². The molecular formula is C27H30N4O4. The molecule has 182 valence electrons. The van der Waals surface area contributed by atoms with Crippen LogP contribution >= 0.6 is 0 Å². The third-order valence-electron chi connectivity index (χ3n) is 5.97. The lowest BCUT2D eigenvalue weighted by atomic mass is 10.0. The predicted molar refractivity (Wildman–Crippen MR) is 133 cm³/mol. The summed E-state index contributed by atoms with van der Waals surface area (Å²) in [5, 5.41) is 15.4. The van der Waals surface area contributed by atoms with Crippen LogP contribution in [0, 0.1) is 6.92 Å². The standard InChI is InChI=1S/C27H30N4O4/c1-17(2)30-16-22(27(29-30)20-7-5-18(3)6-8-20)24-15-23(19-9-11-21(35-4)12-10-19)28-31(24)25(32)13-14-26(33)34/h5-12,15-17,23,28H,13-14H2,1-4H3,(H,33,34). The van der Waals surface area contributed by atoms with E-state index < -0.39 is 5.97 Å². The Bertz CT molecular complexity index is 1240. The minimum absolute atomic E-state index is 0.118. The number of carbonyl (C=O) groups excluding carboxylic acids is 1. The second-order valence-electron chi connectivity index (χ2n) is 8.89. The summed E-state index contributed by atoms with van der Waals surface area (Å²) in [5.41, 5.74) is 8.52. The minimum atomic E-state index is -1.01. The molecule has 1 unspecified atom stereocenters. The minimum Gasteiger partial charge on any atom is -0.497 e. The zero-order valence-corrected chi connectivity index (χ0v) is 20.4. The quantitative estimate of drug-likeness (QED) is 0.489. The van der Waals surface area contributed by atoms with E-state index in [1.165, 1.54) is 5.01 Å². The average Bonchev–Trinajstić information content (AvgIpc) is 3.48. The van der Waals surface area contributed by atoms with Gasteiger partial charge in [-0.05, 0) is 44.5 Å². The number of nitrogens with zero attached hydrogens (tertiary/aromatic N) is 3. The summed E-state index contributed by atoms with van der Waals surface area (Å²) in [6.07, 6.45) is 3.57. The molecule has 0 spiro atoms. The van der Waals surface area contributed by atoms with E-state index in [1.807, 2.05) is 86.3 Å². The van der Waals surface area contributed by atoms with Gasteiger partial charge < -0.3 is 9.84 Å². The Morgan fingerprint density at radius 3 is 2.37 bits per heavy atom. The molecule has 35 heavy (non-hydrogen) atoms. The van der Waals surface area contributed by atoms with Crippen molar-refractivity contribution in [3.63, 3.8) is 0 Å². The van der Waals surface area contributed by atoms with Crippen molar-refractivity contribution in [1.82, 2.24) is 20.2 Å². The van der Waals surface area contributed by atoms with E-state index in [1.54, 1.807) is 7.11 Å². The van der Waals surface area contributed by atoms with E-state index in [9.17, 15) is 9.59 Å². The van der Waals surface area contributed by atoms with Gasteiger partial charge in [0.25, 0.3) is 0 Å². The summed E-state index contributed by atoms with van der Waals surface area (Å²) in [5.74, 6) is -0.588. The smallest absolute Gasteiger partial charge is 0.303 e. The SMILES string of the molecule is COc1ccc(C2C=C(c3cn(C(C)C)nc3-c3ccc(C)cc3)N(C(=O)CCC(=O)O)N2)cc1. The van der Waals surface area contributed by atoms with Gasteiger partial charge in [-0.15, -0.1) is 0 Å². The maximum Gasteiger partial charge on any atom is 0.303 e. The van der Waals surface area contributed by atoms with Gasteiger partial charge in [-0.3, -0.25) is 14.3 Å². The number of aryl methyl sites for hydroxylation is 1. The molecule has 0 saturated heterocycles.